The maximum Gasteiger partial charge on any atom is 0.274 e. The van der Waals surface area contributed by atoms with Crippen LogP contribution in [0.2, 0.25) is 0 Å². The molecule has 142 valence electrons. The van der Waals surface area contributed by atoms with E-state index in [0.29, 0.717) is 33.1 Å². The Bertz CT molecular complexity index is 1290. The Morgan fingerprint density at radius 1 is 1.25 bits per heavy atom. The number of non-ortho nitro benzene ring substituents is 1. The fourth-order valence-electron chi connectivity index (χ4n) is 2.84. The Morgan fingerprint density at radius 2 is 2.00 bits per heavy atom. The highest BCUT2D eigenvalue weighted by molar-refractivity contribution is 7.15. The number of nitrogens with zero attached hydrogens (tertiary/aromatic N) is 3. The predicted octanol–water partition coefficient (Wildman–Crippen LogP) is 3.40. The van der Waals surface area contributed by atoms with Gasteiger partial charge in [0.1, 0.15) is 5.75 Å². The molecule has 0 unspecified atom stereocenters. The molecule has 0 aliphatic carbocycles. The topological polar surface area (TPSA) is 86.7 Å². The van der Waals surface area contributed by atoms with Gasteiger partial charge in [0.15, 0.2) is 4.96 Å². The smallest absolute Gasteiger partial charge is 0.274 e. The van der Waals surface area contributed by atoms with Gasteiger partial charge >= 0.3 is 0 Å². The minimum atomic E-state index is -0.481. The first-order chi connectivity index (χ1) is 13.4. The summed E-state index contributed by atoms with van der Waals surface area (Å²) in [6.07, 6.45) is 1.79. The van der Waals surface area contributed by atoms with Gasteiger partial charge in [-0.2, -0.15) is 0 Å². The van der Waals surface area contributed by atoms with Crippen LogP contribution >= 0.6 is 11.3 Å². The second-order valence-electron chi connectivity index (χ2n) is 6.85. The van der Waals surface area contributed by atoms with Gasteiger partial charge in [-0.25, -0.2) is 9.38 Å². The third-order valence-electron chi connectivity index (χ3n) is 4.19. The normalized spacial score (nSPS) is 12.3. The summed E-state index contributed by atoms with van der Waals surface area (Å²) in [4.78, 5) is 28.3. The number of benzene rings is 2. The van der Waals surface area contributed by atoms with Crippen molar-refractivity contribution >= 4 is 39.1 Å². The number of rotatable bonds is 5. The maximum absolute atomic E-state index is 12.8. The molecular formula is C20H17N3O4S. The second kappa shape index (κ2) is 7.05. The largest absolute Gasteiger partial charge is 0.493 e. The summed E-state index contributed by atoms with van der Waals surface area (Å²) in [6, 6.07) is 11.9. The summed E-state index contributed by atoms with van der Waals surface area (Å²) in [6.45, 7) is 4.82. The summed E-state index contributed by atoms with van der Waals surface area (Å²) >= 11 is 1.26. The molecule has 0 bridgehead atoms. The molecule has 0 N–H and O–H groups in total. The average molecular weight is 395 g/mol. The van der Waals surface area contributed by atoms with E-state index in [1.165, 1.54) is 27.9 Å². The highest BCUT2D eigenvalue weighted by atomic mass is 32.1. The molecule has 0 aliphatic rings. The van der Waals surface area contributed by atoms with E-state index in [4.69, 9.17) is 4.74 Å². The highest BCUT2D eigenvalue weighted by Crippen LogP contribution is 2.22. The zero-order valence-electron chi connectivity index (χ0n) is 15.3. The van der Waals surface area contributed by atoms with E-state index in [2.05, 4.69) is 18.8 Å². The third-order valence-corrected chi connectivity index (χ3v) is 5.16. The molecule has 4 rings (SSSR count). The van der Waals surface area contributed by atoms with Crippen molar-refractivity contribution in [1.29, 1.82) is 0 Å². The van der Waals surface area contributed by atoms with Crippen LogP contribution in [0.5, 0.6) is 5.75 Å². The summed E-state index contributed by atoms with van der Waals surface area (Å²) < 4.78 is 7.62. The quantitative estimate of drug-likeness (QED) is 0.382. The molecular weight excluding hydrogens is 378 g/mol. The van der Waals surface area contributed by atoms with Gasteiger partial charge in [-0.05, 0) is 35.8 Å². The van der Waals surface area contributed by atoms with Gasteiger partial charge in [-0.1, -0.05) is 37.3 Å². The standard InChI is InChI=1S/C20H17N3O4S/c1-12(2)11-27-15-6-3-13(4-7-15)9-18-19(24)22-17-10-14(23(25)26)5-8-16(17)21-20(22)28-18/h3-10,12H,11H2,1-2H3/b18-9-. The minimum absolute atomic E-state index is 0.0672. The zero-order valence-corrected chi connectivity index (χ0v) is 16.1. The van der Waals surface area contributed by atoms with Crippen LogP contribution in [0.25, 0.3) is 22.1 Å². The zero-order chi connectivity index (χ0) is 19.8. The molecule has 0 saturated carbocycles. The number of nitro groups is 1. The molecule has 2 aromatic carbocycles. The van der Waals surface area contributed by atoms with Crippen molar-refractivity contribution in [3.63, 3.8) is 0 Å². The highest BCUT2D eigenvalue weighted by Gasteiger charge is 2.15. The summed E-state index contributed by atoms with van der Waals surface area (Å²) in [7, 11) is 0. The molecule has 0 saturated heterocycles. The molecule has 0 fully saturated rings. The van der Waals surface area contributed by atoms with Crippen LogP contribution in [-0.2, 0) is 0 Å². The van der Waals surface area contributed by atoms with E-state index in [-0.39, 0.29) is 11.2 Å². The first-order valence-corrected chi connectivity index (χ1v) is 9.58. The van der Waals surface area contributed by atoms with E-state index < -0.39 is 4.92 Å². The van der Waals surface area contributed by atoms with Crippen LogP contribution < -0.4 is 14.8 Å². The molecule has 4 aromatic rings. The monoisotopic (exact) mass is 395 g/mol. The van der Waals surface area contributed by atoms with Gasteiger partial charge in [0, 0.05) is 12.1 Å². The first-order valence-electron chi connectivity index (χ1n) is 8.76. The van der Waals surface area contributed by atoms with E-state index in [1.54, 1.807) is 12.1 Å². The second-order valence-corrected chi connectivity index (χ2v) is 7.86. The van der Waals surface area contributed by atoms with Crippen LogP contribution in [0.1, 0.15) is 19.4 Å². The first kappa shape index (κ1) is 18.1. The summed E-state index contributed by atoms with van der Waals surface area (Å²) in [5, 5.41) is 11.0. The molecule has 8 heteroatoms. The maximum atomic E-state index is 12.8. The van der Waals surface area contributed by atoms with Gasteiger partial charge in [-0.3, -0.25) is 14.9 Å². The number of fused-ring (bicyclic) bond motifs is 3. The SMILES string of the molecule is CC(C)COc1ccc(/C=c2\sc3nc4ccc([N+](=O)[O-])cc4n3c2=O)cc1. The molecule has 0 radical (unpaired) electrons. The lowest BCUT2D eigenvalue weighted by molar-refractivity contribution is -0.384. The molecule has 0 aliphatic heterocycles. The van der Waals surface area contributed by atoms with Gasteiger partial charge in [-0.15, -0.1) is 0 Å². The van der Waals surface area contributed by atoms with Crippen molar-refractivity contribution < 1.29 is 9.66 Å². The Labute approximate surface area is 163 Å². The number of hydrogen-bond donors (Lipinski definition) is 0. The minimum Gasteiger partial charge on any atom is -0.493 e. The Hall–Kier alpha value is -3.26. The van der Waals surface area contributed by atoms with Crippen molar-refractivity contribution in [2.75, 3.05) is 6.61 Å². The lowest BCUT2D eigenvalue weighted by atomic mass is 10.2. The average Bonchev–Trinajstić information content (AvgIpc) is 3.17. The number of thiazole rings is 1. The van der Waals surface area contributed by atoms with Crippen molar-refractivity contribution in [2.24, 2.45) is 5.92 Å². The molecule has 2 heterocycles. The Kier molecular flexibility index (Phi) is 4.56. The number of imidazole rings is 1. The lowest BCUT2D eigenvalue weighted by Gasteiger charge is -2.08. The van der Waals surface area contributed by atoms with Gasteiger partial charge in [0.25, 0.3) is 11.2 Å². The summed E-state index contributed by atoms with van der Waals surface area (Å²) in [5.41, 5.74) is 1.58. The van der Waals surface area contributed by atoms with E-state index in [1.807, 2.05) is 24.3 Å². The van der Waals surface area contributed by atoms with Crippen molar-refractivity contribution in [1.82, 2.24) is 9.38 Å². The van der Waals surface area contributed by atoms with Gasteiger partial charge < -0.3 is 4.74 Å². The molecule has 0 spiro atoms. The third kappa shape index (κ3) is 3.34. The fourth-order valence-corrected chi connectivity index (χ4v) is 3.82. The van der Waals surface area contributed by atoms with Crippen LogP contribution in [-0.4, -0.2) is 20.9 Å². The van der Waals surface area contributed by atoms with E-state index in [9.17, 15) is 14.9 Å². The van der Waals surface area contributed by atoms with Crippen LogP contribution in [0.15, 0.2) is 47.3 Å². The molecule has 2 aromatic heterocycles. The Morgan fingerprint density at radius 3 is 2.68 bits per heavy atom. The van der Waals surface area contributed by atoms with Crippen molar-refractivity contribution in [2.45, 2.75) is 13.8 Å². The number of hydrogen-bond acceptors (Lipinski definition) is 6. The van der Waals surface area contributed by atoms with E-state index >= 15 is 0 Å². The van der Waals surface area contributed by atoms with Crippen LogP contribution in [0.3, 0.4) is 0 Å². The fraction of sp³-hybridized carbons (Fsp3) is 0.200. The number of nitro benzene ring substituents is 1. The van der Waals surface area contributed by atoms with Gasteiger partial charge in [0.05, 0.1) is 27.1 Å². The van der Waals surface area contributed by atoms with Crippen LogP contribution in [0.4, 0.5) is 5.69 Å². The van der Waals surface area contributed by atoms with Crippen LogP contribution in [0, 0.1) is 16.0 Å². The Balaban J connectivity index is 1.74. The van der Waals surface area contributed by atoms with E-state index in [0.717, 1.165) is 11.3 Å². The number of ether oxygens (including phenoxy) is 1. The molecule has 28 heavy (non-hydrogen) atoms. The van der Waals surface area contributed by atoms with Gasteiger partial charge in [0.2, 0.25) is 0 Å². The molecule has 0 amide bonds. The van der Waals surface area contributed by atoms with Crippen molar-refractivity contribution in [3.8, 4) is 5.75 Å². The number of aromatic nitrogens is 2. The molecule has 0 atom stereocenters. The predicted molar refractivity (Wildman–Crippen MR) is 109 cm³/mol. The van der Waals surface area contributed by atoms with Crippen molar-refractivity contribution in [3.05, 3.63) is 73.0 Å². The summed E-state index contributed by atoms with van der Waals surface area (Å²) in [5.74, 6) is 1.23. The lowest BCUT2D eigenvalue weighted by Crippen LogP contribution is -2.22. The molecule has 7 nitrogen and oxygen atoms in total.